The second-order valence-corrected chi connectivity index (χ2v) is 5.92. The average Bonchev–Trinajstić information content (AvgIpc) is 2.62. The van der Waals surface area contributed by atoms with Crippen LogP contribution in [0.2, 0.25) is 0 Å². The highest BCUT2D eigenvalue weighted by Gasteiger charge is 2.34. The van der Waals surface area contributed by atoms with Gasteiger partial charge in [-0.15, -0.1) is 0 Å². The molecule has 1 fully saturated rings. The second-order valence-electron chi connectivity index (χ2n) is 5.92. The summed E-state index contributed by atoms with van der Waals surface area (Å²) < 4.78 is 44.3. The molecule has 1 heterocycles. The maximum atomic E-state index is 13.0. The number of para-hydroxylation sites is 2. The van der Waals surface area contributed by atoms with Crippen LogP contribution in [0.3, 0.4) is 0 Å². The van der Waals surface area contributed by atoms with Crippen LogP contribution < -0.4 is 14.5 Å². The van der Waals surface area contributed by atoms with Crippen LogP contribution in [0.1, 0.15) is 5.56 Å². The third-order valence-electron chi connectivity index (χ3n) is 4.09. The van der Waals surface area contributed by atoms with Crippen molar-refractivity contribution >= 4 is 17.4 Å². The first-order valence-corrected chi connectivity index (χ1v) is 7.87. The van der Waals surface area contributed by atoms with E-state index in [1.807, 2.05) is 0 Å². The van der Waals surface area contributed by atoms with Crippen molar-refractivity contribution < 1.29 is 22.7 Å². The zero-order chi connectivity index (χ0) is 18.9. The standard InChI is InChI=1S/C19H17F3N2O2/c1-13-11-23(15-7-5-6-14(10-15)19(20,21)22)18(25)24(12-13)16-8-3-4-9-17(16)26-2/h3-10H,1,11-12H2,2H3. The van der Waals surface area contributed by atoms with Crippen LogP contribution in [0.15, 0.2) is 60.7 Å². The molecule has 0 aliphatic carbocycles. The third kappa shape index (κ3) is 3.37. The third-order valence-corrected chi connectivity index (χ3v) is 4.09. The van der Waals surface area contributed by atoms with Crippen LogP contribution in [-0.2, 0) is 6.18 Å². The molecule has 26 heavy (non-hydrogen) atoms. The SMILES string of the molecule is C=C1CN(c2cccc(C(F)(F)F)c2)C(=O)N(c2ccccc2OC)C1. The van der Waals surface area contributed by atoms with Crippen LogP contribution >= 0.6 is 0 Å². The van der Waals surface area contributed by atoms with Gasteiger partial charge in [0.1, 0.15) is 5.75 Å². The van der Waals surface area contributed by atoms with Gasteiger partial charge in [-0.1, -0.05) is 24.8 Å². The minimum atomic E-state index is -4.48. The number of carbonyl (C=O) groups excluding carboxylic acids is 1. The predicted octanol–water partition coefficient (Wildman–Crippen LogP) is 4.72. The average molecular weight is 362 g/mol. The number of anilines is 2. The Balaban J connectivity index is 1.99. The molecule has 0 bridgehead atoms. The van der Waals surface area contributed by atoms with Gasteiger partial charge < -0.3 is 4.74 Å². The van der Waals surface area contributed by atoms with E-state index in [2.05, 4.69) is 6.58 Å². The quantitative estimate of drug-likeness (QED) is 0.741. The molecule has 7 heteroatoms. The Labute approximate surface area is 149 Å². The van der Waals surface area contributed by atoms with Gasteiger partial charge in [0, 0.05) is 5.69 Å². The Morgan fingerprint density at radius 3 is 2.42 bits per heavy atom. The summed E-state index contributed by atoms with van der Waals surface area (Å²) in [6, 6.07) is 11.3. The molecular weight excluding hydrogens is 345 g/mol. The van der Waals surface area contributed by atoms with Crippen molar-refractivity contribution in [2.24, 2.45) is 0 Å². The zero-order valence-corrected chi connectivity index (χ0v) is 14.1. The highest BCUT2D eigenvalue weighted by molar-refractivity contribution is 6.06. The fraction of sp³-hybridized carbons (Fsp3) is 0.211. The number of alkyl halides is 3. The van der Waals surface area contributed by atoms with E-state index in [0.29, 0.717) is 17.0 Å². The molecule has 0 aromatic heterocycles. The maximum absolute atomic E-state index is 13.0. The van der Waals surface area contributed by atoms with E-state index in [4.69, 9.17) is 4.74 Å². The normalized spacial score (nSPS) is 15.4. The highest BCUT2D eigenvalue weighted by Crippen LogP contribution is 2.35. The summed E-state index contributed by atoms with van der Waals surface area (Å²) in [5, 5.41) is 0. The van der Waals surface area contributed by atoms with Crippen molar-refractivity contribution in [3.05, 3.63) is 66.2 Å². The lowest BCUT2D eigenvalue weighted by atomic mass is 10.1. The summed E-state index contributed by atoms with van der Waals surface area (Å²) in [5.41, 5.74) is 0.610. The first-order valence-electron chi connectivity index (χ1n) is 7.87. The van der Waals surface area contributed by atoms with Gasteiger partial charge in [-0.05, 0) is 35.9 Å². The summed E-state index contributed by atoms with van der Waals surface area (Å²) in [4.78, 5) is 15.7. The summed E-state index contributed by atoms with van der Waals surface area (Å²) >= 11 is 0. The number of methoxy groups -OCH3 is 1. The van der Waals surface area contributed by atoms with Crippen LogP contribution in [0, 0.1) is 0 Å². The van der Waals surface area contributed by atoms with Gasteiger partial charge in [0.2, 0.25) is 0 Å². The summed E-state index contributed by atoms with van der Waals surface area (Å²) in [5.74, 6) is 0.500. The number of urea groups is 1. The molecule has 0 spiro atoms. The molecule has 0 atom stereocenters. The fourth-order valence-corrected chi connectivity index (χ4v) is 2.87. The number of halogens is 3. The molecule has 3 rings (SSSR count). The van der Waals surface area contributed by atoms with Gasteiger partial charge in [0.15, 0.2) is 0 Å². The van der Waals surface area contributed by atoms with E-state index >= 15 is 0 Å². The van der Waals surface area contributed by atoms with Crippen LogP contribution in [0.4, 0.5) is 29.3 Å². The molecule has 2 aromatic rings. The zero-order valence-electron chi connectivity index (χ0n) is 14.1. The molecule has 0 unspecified atom stereocenters. The molecule has 1 saturated heterocycles. The molecule has 1 aliphatic heterocycles. The van der Waals surface area contributed by atoms with E-state index in [-0.39, 0.29) is 18.8 Å². The van der Waals surface area contributed by atoms with Crippen molar-refractivity contribution in [2.75, 3.05) is 30.0 Å². The second kappa shape index (κ2) is 6.74. The molecule has 136 valence electrons. The summed E-state index contributed by atoms with van der Waals surface area (Å²) in [6.07, 6.45) is -4.48. The predicted molar refractivity (Wildman–Crippen MR) is 93.7 cm³/mol. The van der Waals surface area contributed by atoms with Crippen LogP contribution in [0.5, 0.6) is 5.75 Å². The van der Waals surface area contributed by atoms with E-state index in [9.17, 15) is 18.0 Å². The van der Waals surface area contributed by atoms with Gasteiger partial charge in [0.25, 0.3) is 0 Å². The van der Waals surface area contributed by atoms with Crippen molar-refractivity contribution in [1.29, 1.82) is 0 Å². The number of hydrogen-bond donors (Lipinski definition) is 0. The largest absolute Gasteiger partial charge is 0.495 e. The number of ether oxygens (including phenoxy) is 1. The number of hydrogen-bond acceptors (Lipinski definition) is 2. The van der Waals surface area contributed by atoms with Gasteiger partial charge in [-0.3, -0.25) is 9.80 Å². The lowest BCUT2D eigenvalue weighted by Crippen LogP contribution is -2.50. The van der Waals surface area contributed by atoms with Crippen LogP contribution in [0.25, 0.3) is 0 Å². The molecule has 2 aromatic carbocycles. The highest BCUT2D eigenvalue weighted by atomic mass is 19.4. The monoisotopic (exact) mass is 362 g/mol. The number of carbonyl (C=O) groups is 1. The molecule has 0 saturated carbocycles. The lowest BCUT2D eigenvalue weighted by molar-refractivity contribution is -0.137. The number of rotatable bonds is 3. The molecule has 4 nitrogen and oxygen atoms in total. The Kier molecular flexibility index (Phi) is 4.63. The molecule has 0 N–H and O–H groups in total. The van der Waals surface area contributed by atoms with Crippen molar-refractivity contribution in [1.82, 2.24) is 0 Å². The van der Waals surface area contributed by atoms with E-state index in [1.165, 1.54) is 29.0 Å². The minimum Gasteiger partial charge on any atom is -0.495 e. The lowest BCUT2D eigenvalue weighted by Gasteiger charge is -2.37. The molecule has 2 amide bonds. The van der Waals surface area contributed by atoms with Crippen molar-refractivity contribution in [3.63, 3.8) is 0 Å². The fourth-order valence-electron chi connectivity index (χ4n) is 2.87. The topological polar surface area (TPSA) is 32.8 Å². The summed E-state index contributed by atoms with van der Waals surface area (Å²) in [7, 11) is 1.49. The van der Waals surface area contributed by atoms with Gasteiger partial charge in [0.05, 0.1) is 31.5 Å². The van der Waals surface area contributed by atoms with Gasteiger partial charge >= 0.3 is 12.2 Å². The number of amides is 2. The first-order chi connectivity index (χ1) is 12.3. The number of nitrogens with zero attached hydrogens (tertiary/aromatic N) is 2. The molecule has 1 aliphatic rings. The number of benzene rings is 2. The summed E-state index contributed by atoms with van der Waals surface area (Å²) in [6.45, 7) is 4.36. The Morgan fingerprint density at radius 2 is 1.73 bits per heavy atom. The molecule has 0 radical (unpaired) electrons. The van der Waals surface area contributed by atoms with E-state index in [1.54, 1.807) is 24.3 Å². The minimum absolute atomic E-state index is 0.159. The smallest absolute Gasteiger partial charge is 0.416 e. The van der Waals surface area contributed by atoms with Crippen molar-refractivity contribution in [3.8, 4) is 5.75 Å². The maximum Gasteiger partial charge on any atom is 0.416 e. The first kappa shape index (κ1) is 17.8. The van der Waals surface area contributed by atoms with E-state index < -0.39 is 17.8 Å². The Morgan fingerprint density at radius 1 is 1.04 bits per heavy atom. The van der Waals surface area contributed by atoms with Crippen molar-refractivity contribution in [2.45, 2.75) is 6.18 Å². The Hall–Kier alpha value is -2.96. The van der Waals surface area contributed by atoms with E-state index in [0.717, 1.165) is 12.1 Å². The van der Waals surface area contributed by atoms with Gasteiger partial charge in [-0.25, -0.2) is 4.79 Å². The Bertz CT molecular complexity index is 849. The molecular formula is C19H17F3N2O2. The van der Waals surface area contributed by atoms with Crippen LogP contribution in [-0.4, -0.2) is 26.2 Å². The van der Waals surface area contributed by atoms with Gasteiger partial charge in [-0.2, -0.15) is 13.2 Å².